The second kappa shape index (κ2) is 4.19. The largest absolute Gasteiger partial charge is 0.356 e. The van der Waals surface area contributed by atoms with E-state index in [9.17, 15) is 9.18 Å². The highest BCUT2D eigenvalue weighted by Gasteiger charge is 2.24. The third-order valence-corrected chi connectivity index (χ3v) is 2.88. The molecule has 0 aliphatic carbocycles. The van der Waals surface area contributed by atoms with Gasteiger partial charge in [-0.05, 0) is 30.5 Å². The van der Waals surface area contributed by atoms with Crippen LogP contribution in [0.15, 0.2) is 18.2 Å². The summed E-state index contributed by atoms with van der Waals surface area (Å²) in [6.45, 7) is 0.693. The molecule has 0 saturated carbocycles. The topological polar surface area (TPSA) is 29.1 Å². The van der Waals surface area contributed by atoms with Crippen molar-refractivity contribution in [3.8, 4) is 0 Å². The smallest absolute Gasteiger partial charge is 0.223 e. The van der Waals surface area contributed by atoms with Gasteiger partial charge >= 0.3 is 0 Å². The maximum atomic E-state index is 13.4. The van der Waals surface area contributed by atoms with Gasteiger partial charge in [-0.15, -0.1) is 0 Å². The zero-order valence-corrected chi connectivity index (χ0v) is 8.85. The molecule has 0 radical (unpaired) electrons. The Morgan fingerprint density at radius 3 is 2.93 bits per heavy atom. The number of hydrogen-bond donors (Lipinski definition) is 1. The number of rotatable bonds is 2. The Bertz CT molecular complexity index is 394. The minimum absolute atomic E-state index is 0.0179. The highest BCUT2D eigenvalue weighted by molar-refractivity contribution is 6.30. The van der Waals surface area contributed by atoms with E-state index in [1.165, 1.54) is 6.07 Å². The molecule has 1 atom stereocenters. The summed E-state index contributed by atoms with van der Waals surface area (Å²) in [6, 6.07) is 4.57. The van der Waals surface area contributed by atoms with Crippen LogP contribution in [0, 0.1) is 11.7 Å². The van der Waals surface area contributed by atoms with E-state index in [0.29, 0.717) is 23.6 Å². The van der Waals surface area contributed by atoms with E-state index >= 15 is 0 Å². The first kappa shape index (κ1) is 10.4. The molecule has 15 heavy (non-hydrogen) atoms. The fraction of sp³-hybridized carbons (Fsp3) is 0.364. The SMILES string of the molecule is O=C1NCCC1Cc1ccc(Cl)cc1F. The van der Waals surface area contributed by atoms with Crippen molar-refractivity contribution in [2.24, 2.45) is 5.92 Å². The number of halogens is 2. The van der Waals surface area contributed by atoms with E-state index in [2.05, 4.69) is 5.32 Å². The van der Waals surface area contributed by atoms with E-state index < -0.39 is 0 Å². The highest BCUT2D eigenvalue weighted by Crippen LogP contribution is 2.21. The van der Waals surface area contributed by atoms with E-state index in [4.69, 9.17) is 11.6 Å². The van der Waals surface area contributed by atoms with Crippen LogP contribution in [0.4, 0.5) is 4.39 Å². The van der Waals surface area contributed by atoms with Crippen molar-refractivity contribution in [1.82, 2.24) is 5.32 Å². The van der Waals surface area contributed by atoms with Crippen LogP contribution in [-0.4, -0.2) is 12.5 Å². The second-order valence-corrected chi connectivity index (χ2v) is 4.15. The lowest BCUT2D eigenvalue weighted by Gasteiger charge is -2.07. The predicted octanol–water partition coefficient (Wildman–Crippen LogP) is 2.16. The first-order valence-electron chi connectivity index (χ1n) is 4.88. The van der Waals surface area contributed by atoms with Gasteiger partial charge in [0.2, 0.25) is 5.91 Å². The summed E-state index contributed by atoms with van der Waals surface area (Å²) in [5.74, 6) is -0.410. The summed E-state index contributed by atoms with van der Waals surface area (Å²) in [6.07, 6.45) is 1.23. The molecule has 1 aromatic rings. The number of hydrogen-bond acceptors (Lipinski definition) is 1. The average Bonchev–Trinajstić information content (AvgIpc) is 2.57. The summed E-state index contributed by atoms with van der Waals surface area (Å²) < 4.78 is 13.4. The zero-order chi connectivity index (χ0) is 10.8. The predicted molar refractivity (Wildman–Crippen MR) is 56.2 cm³/mol. The van der Waals surface area contributed by atoms with Crippen molar-refractivity contribution in [2.75, 3.05) is 6.54 Å². The van der Waals surface area contributed by atoms with Gasteiger partial charge in [-0.25, -0.2) is 4.39 Å². The van der Waals surface area contributed by atoms with Gasteiger partial charge in [0.15, 0.2) is 0 Å². The molecular weight excluding hydrogens is 217 g/mol. The summed E-state index contributed by atoms with van der Waals surface area (Å²) >= 11 is 5.64. The Hall–Kier alpha value is -1.09. The van der Waals surface area contributed by atoms with Crippen molar-refractivity contribution in [3.63, 3.8) is 0 Å². The van der Waals surface area contributed by atoms with E-state index in [1.807, 2.05) is 0 Å². The van der Waals surface area contributed by atoms with Crippen LogP contribution in [0.25, 0.3) is 0 Å². The van der Waals surface area contributed by atoms with Gasteiger partial charge in [0.05, 0.1) is 0 Å². The third-order valence-electron chi connectivity index (χ3n) is 2.64. The summed E-state index contributed by atoms with van der Waals surface area (Å²) in [5, 5.41) is 3.11. The van der Waals surface area contributed by atoms with Gasteiger partial charge in [0, 0.05) is 17.5 Å². The van der Waals surface area contributed by atoms with Crippen LogP contribution in [-0.2, 0) is 11.2 Å². The summed E-state index contributed by atoms with van der Waals surface area (Å²) in [4.78, 5) is 11.3. The van der Waals surface area contributed by atoms with Crippen LogP contribution in [0.3, 0.4) is 0 Å². The lowest BCUT2D eigenvalue weighted by atomic mass is 9.98. The molecule has 1 fully saturated rings. The van der Waals surface area contributed by atoms with Crippen molar-refractivity contribution in [3.05, 3.63) is 34.6 Å². The van der Waals surface area contributed by atoms with Crippen LogP contribution in [0.1, 0.15) is 12.0 Å². The Labute approximate surface area is 92.4 Å². The molecule has 0 spiro atoms. The summed E-state index contributed by atoms with van der Waals surface area (Å²) in [7, 11) is 0. The highest BCUT2D eigenvalue weighted by atomic mass is 35.5. The van der Waals surface area contributed by atoms with Crippen LogP contribution >= 0.6 is 11.6 Å². The fourth-order valence-corrected chi connectivity index (χ4v) is 1.95. The molecule has 1 amide bonds. The van der Waals surface area contributed by atoms with E-state index in [1.54, 1.807) is 12.1 Å². The minimum Gasteiger partial charge on any atom is -0.356 e. The van der Waals surface area contributed by atoms with Crippen LogP contribution in [0.2, 0.25) is 5.02 Å². The molecule has 4 heteroatoms. The molecule has 80 valence electrons. The third kappa shape index (κ3) is 2.29. The molecule has 0 bridgehead atoms. The van der Waals surface area contributed by atoms with Crippen LogP contribution < -0.4 is 5.32 Å². The minimum atomic E-state index is -0.331. The van der Waals surface area contributed by atoms with Gasteiger partial charge in [-0.3, -0.25) is 4.79 Å². The number of carbonyl (C=O) groups excluding carboxylic acids is 1. The molecule has 1 N–H and O–H groups in total. The number of carbonyl (C=O) groups is 1. The van der Waals surface area contributed by atoms with E-state index in [-0.39, 0.29) is 17.6 Å². The van der Waals surface area contributed by atoms with Crippen LogP contribution in [0.5, 0.6) is 0 Å². The standard InChI is InChI=1S/C11H11ClFNO/c12-9-2-1-7(10(13)6-9)5-8-3-4-14-11(8)15/h1-2,6,8H,3-5H2,(H,14,15). The van der Waals surface area contributed by atoms with Gasteiger partial charge in [-0.2, -0.15) is 0 Å². The number of nitrogens with one attached hydrogen (secondary N) is 1. The second-order valence-electron chi connectivity index (χ2n) is 3.72. The maximum Gasteiger partial charge on any atom is 0.223 e. The zero-order valence-electron chi connectivity index (χ0n) is 8.09. The number of benzene rings is 1. The molecule has 1 unspecified atom stereocenters. The van der Waals surface area contributed by atoms with Gasteiger partial charge in [0.25, 0.3) is 0 Å². The van der Waals surface area contributed by atoms with Crippen molar-refractivity contribution < 1.29 is 9.18 Å². The first-order valence-corrected chi connectivity index (χ1v) is 5.26. The van der Waals surface area contributed by atoms with Crippen molar-refractivity contribution >= 4 is 17.5 Å². The molecule has 1 heterocycles. The normalized spacial score (nSPS) is 20.4. The molecule has 1 aliphatic rings. The first-order chi connectivity index (χ1) is 7.16. The molecule has 1 aliphatic heterocycles. The van der Waals surface area contributed by atoms with Crippen molar-refractivity contribution in [2.45, 2.75) is 12.8 Å². The molecule has 0 aromatic heterocycles. The monoisotopic (exact) mass is 227 g/mol. The molecule has 2 nitrogen and oxygen atoms in total. The van der Waals surface area contributed by atoms with E-state index in [0.717, 1.165) is 6.42 Å². The Morgan fingerprint density at radius 1 is 1.53 bits per heavy atom. The fourth-order valence-electron chi connectivity index (χ4n) is 1.79. The Balaban J connectivity index is 2.13. The maximum absolute atomic E-state index is 13.4. The lowest BCUT2D eigenvalue weighted by molar-refractivity contribution is -0.122. The average molecular weight is 228 g/mol. The van der Waals surface area contributed by atoms with Gasteiger partial charge in [0.1, 0.15) is 5.82 Å². The molecule has 1 saturated heterocycles. The Kier molecular flexibility index (Phi) is 2.91. The quantitative estimate of drug-likeness (QED) is 0.824. The Morgan fingerprint density at radius 2 is 2.33 bits per heavy atom. The lowest BCUT2D eigenvalue weighted by Crippen LogP contribution is -2.20. The molecule has 2 rings (SSSR count). The summed E-state index contributed by atoms with van der Waals surface area (Å²) in [5.41, 5.74) is 0.557. The van der Waals surface area contributed by atoms with Gasteiger partial charge < -0.3 is 5.32 Å². The van der Waals surface area contributed by atoms with Crippen molar-refractivity contribution in [1.29, 1.82) is 0 Å². The molecular formula is C11H11ClFNO. The molecule has 1 aromatic carbocycles. The number of amides is 1. The van der Waals surface area contributed by atoms with Gasteiger partial charge in [-0.1, -0.05) is 17.7 Å².